The first-order chi connectivity index (χ1) is 30.0. The lowest BCUT2D eigenvalue weighted by molar-refractivity contribution is -0.870. The van der Waals surface area contributed by atoms with Crippen LogP contribution in [0.4, 0.5) is 0 Å². The number of phosphoric acid groups is 1. The molecule has 8 nitrogen and oxygen atoms in total. The molecule has 62 heavy (non-hydrogen) atoms. The molecule has 0 rings (SSSR count). The molecule has 0 radical (unpaired) electrons. The molecule has 0 aliphatic carbocycles. The van der Waals surface area contributed by atoms with E-state index in [1.807, 2.05) is 27.2 Å². The van der Waals surface area contributed by atoms with Gasteiger partial charge in [-0.1, -0.05) is 202 Å². The fourth-order valence-corrected chi connectivity index (χ4v) is 7.65. The molecule has 2 N–H and O–H groups in total. The fraction of sp³-hybridized carbons (Fsp3) is 0.755. The highest BCUT2D eigenvalue weighted by molar-refractivity contribution is 7.45. The van der Waals surface area contributed by atoms with Crippen molar-refractivity contribution in [3.8, 4) is 0 Å². The summed E-state index contributed by atoms with van der Waals surface area (Å²) in [5, 5.41) is 13.8. The predicted octanol–water partition coefficient (Wildman–Crippen LogP) is 14.1. The Bertz CT molecular complexity index is 1240. The van der Waals surface area contributed by atoms with Crippen LogP contribution in [0.2, 0.25) is 0 Å². The summed E-state index contributed by atoms with van der Waals surface area (Å²) in [6, 6.07) is -0.920. The van der Waals surface area contributed by atoms with Gasteiger partial charge in [0.05, 0.1) is 39.9 Å². The lowest BCUT2D eigenvalue weighted by Crippen LogP contribution is -2.45. The van der Waals surface area contributed by atoms with E-state index in [-0.39, 0.29) is 12.5 Å². The van der Waals surface area contributed by atoms with Gasteiger partial charge in [0.25, 0.3) is 7.82 Å². The van der Waals surface area contributed by atoms with Gasteiger partial charge in [-0.15, -0.1) is 0 Å². The molecule has 0 saturated heterocycles. The van der Waals surface area contributed by atoms with E-state index in [4.69, 9.17) is 9.05 Å². The van der Waals surface area contributed by atoms with Crippen molar-refractivity contribution in [2.75, 3.05) is 40.9 Å². The second kappa shape index (κ2) is 44.2. The number of aliphatic hydroxyl groups is 1. The van der Waals surface area contributed by atoms with E-state index in [9.17, 15) is 19.4 Å². The summed E-state index contributed by atoms with van der Waals surface area (Å²) in [4.78, 5) is 25.4. The molecule has 0 aromatic rings. The minimum absolute atomic E-state index is 0.0148. The SMILES string of the molecule is CC/C=C\C/C=C\C/C=C\C/C=C\CCCCCCC(=O)NC(COP(=O)([O-])OCC[N+](C)(C)C)C(O)/C=C/CC/C=C/CCCCCCCCCCCCCCCCCCC. The number of unbranched alkanes of at least 4 members (excludes halogenated alkanes) is 22. The minimum atomic E-state index is -4.61. The number of hydrogen-bond donors (Lipinski definition) is 2. The number of amides is 1. The Balaban J connectivity index is 4.40. The number of hydrogen-bond acceptors (Lipinski definition) is 6. The van der Waals surface area contributed by atoms with Crippen molar-refractivity contribution in [2.45, 2.75) is 219 Å². The van der Waals surface area contributed by atoms with Crippen LogP contribution in [0.25, 0.3) is 0 Å². The van der Waals surface area contributed by atoms with Crippen LogP contribution in [0.3, 0.4) is 0 Å². The largest absolute Gasteiger partial charge is 0.756 e. The van der Waals surface area contributed by atoms with Gasteiger partial charge in [0, 0.05) is 6.42 Å². The highest BCUT2D eigenvalue weighted by Crippen LogP contribution is 2.38. The molecule has 9 heteroatoms. The van der Waals surface area contributed by atoms with Crippen LogP contribution in [0.15, 0.2) is 72.9 Å². The normalized spacial score (nSPS) is 14.8. The number of carbonyl (C=O) groups is 1. The third-order valence-electron chi connectivity index (χ3n) is 10.9. The smallest absolute Gasteiger partial charge is 0.268 e. The third-order valence-corrected chi connectivity index (χ3v) is 11.9. The zero-order chi connectivity index (χ0) is 45.7. The van der Waals surface area contributed by atoms with Gasteiger partial charge < -0.3 is 28.8 Å². The first-order valence-electron chi connectivity index (χ1n) is 25.3. The molecule has 0 aliphatic rings. The average Bonchev–Trinajstić information content (AvgIpc) is 3.23. The van der Waals surface area contributed by atoms with E-state index in [0.29, 0.717) is 17.4 Å². The van der Waals surface area contributed by atoms with Crippen molar-refractivity contribution in [1.82, 2.24) is 5.32 Å². The molecular weight excluding hydrogens is 792 g/mol. The Morgan fingerprint density at radius 2 is 1.00 bits per heavy atom. The summed E-state index contributed by atoms with van der Waals surface area (Å²) < 4.78 is 23.2. The molecular formula is C53H97N2O6P. The van der Waals surface area contributed by atoms with E-state index in [1.165, 1.54) is 109 Å². The average molecular weight is 889 g/mol. The quantitative estimate of drug-likeness (QED) is 0.0273. The summed E-state index contributed by atoms with van der Waals surface area (Å²) in [5.41, 5.74) is 0. The topological polar surface area (TPSA) is 108 Å². The summed E-state index contributed by atoms with van der Waals surface area (Å²) >= 11 is 0. The Hall–Kier alpha value is -2.06. The Labute approximate surface area is 383 Å². The van der Waals surface area contributed by atoms with Gasteiger partial charge in [-0.3, -0.25) is 9.36 Å². The molecule has 3 atom stereocenters. The number of rotatable bonds is 45. The van der Waals surface area contributed by atoms with Crippen LogP contribution in [0.1, 0.15) is 206 Å². The van der Waals surface area contributed by atoms with Crippen molar-refractivity contribution in [3.63, 3.8) is 0 Å². The van der Waals surface area contributed by atoms with Gasteiger partial charge >= 0.3 is 0 Å². The van der Waals surface area contributed by atoms with Crippen LogP contribution < -0.4 is 10.2 Å². The molecule has 0 fully saturated rings. The van der Waals surface area contributed by atoms with Gasteiger partial charge in [0.2, 0.25) is 5.91 Å². The number of likely N-dealkylation sites (N-methyl/N-ethyl adjacent to an activating group) is 1. The highest BCUT2D eigenvalue weighted by Gasteiger charge is 2.23. The molecule has 0 aliphatic heterocycles. The molecule has 1 amide bonds. The lowest BCUT2D eigenvalue weighted by atomic mass is 10.0. The van der Waals surface area contributed by atoms with Crippen molar-refractivity contribution in [2.24, 2.45) is 0 Å². The summed E-state index contributed by atoms with van der Waals surface area (Å²) in [6.45, 7) is 4.49. The number of quaternary nitrogens is 1. The fourth-order valence-electron chi connectivity index (χ4n) is 6.92. The van der Waals surface area contributed by atoms with Gasteiger partial charge in [-0.2, -0.15) is 0 Å². The lowest BCUT2D eigenvalue weighted by Gasteiger charge is -2.29. The van der Waals surface area contributed by atoms with Gasteiger partial charge in [-0.05, 0) is 70.6 Å². The number of nitrogens with one attached hydrogen (secondary N) is 1. The van der Waals surface area contributed by atoms with Gasteiger partial charge in [-0.25, -0.2) is 0 Å². The summed E-state index contributed by atoms with van der Waals surface area (Å²) in [5.74, 6) is -0.232. The maximum absolute atomic E-state index is 12.9. The Morgan fingerprint density at radius 1 is 0.581 bits per heavy atom. The maximum atomic E-state index is 12.9. The highest BCUT2D eigenvalue weighted by atomic mass is 31.2. The van der Waals surface area contributed by atoms with Crippen molar-refractivity contribution < 1.29 is 32.9 Å². The van der Waals surface area contributed by atoms with E-state index in [2.05, 4.69) is 79.9 Å². The monoisotopic (exact) mass is 889 g/mol. The molecule has 0 spiro atoms. The van der Waals surface area contributed by atoms with Crippen LogP contribution in [0.5, 0.6) is 0 Å². The number of aliphatic hydroxyl groups excluding tert-OH is 1. The first kappa shape index (κ1) is 59.9. The standard InChI is InChI=1S/C53H97N2O6P/c1-6-8-10-12-14-16-18-20-22-24-25-26-27-28-29-31-32-34-36-38-40-42-44-46-52(56)51(50-61-62(58,59)60-49-48-55(3,4)5)54-53(57)47-45-43-41-39-37-35-33-30-23-21-19-17-15-13-11-9-7-2/h9,11,15,17,21,23,33,35-36,38,44,46,51-52,56H,6-8,10,12-14,16,18-20,22,24-32,34,37,39-43,45,47-50H2,1-5H3,(H-,54,57,58,59)/b11-9-,17-15-,23-21-,35-33-,38-36+,46-44+. The van der Waals surface area contributed by atoms with Gasteiger partial charge in [0.15, 0.2) is 0 Å². The van der Waals surface area contributed by atoms with Crippen molar-refractivity contribution in [3.05, 3.63) is 72.9 Å². The van der Waals surface area contributed by atoms with Gasteiger partial charge in [0.1, 0.15) is 13.2 Å². The molecule has 0 heterocycles. The maximum Gasteiger partial charge on any atom is 0.268 e. The van der Waals surface area contributed by atoms with Crippen LogP contribution in [0, 0.1) is 0 Å². The number of phosphoric ester groups is 1. The van der Waals surface area contributed by atoms with Crippen molar-refractivity contribution >= 4 is 13.7 Å². The minimum Gasteiger partial charge on any atom is -0.756 e. The zero-order valence-corrected chi connectivity index (χ0v) is 41.7. The molecule has 0 aromatic heterocycles. The molecule has 360 valence electrons. The number of nitrogens with zero attached hydrogens (tertiary/aromatic N) is 1. The summed E-state index contributed by atoms with van der Waals surface area (Å²) in [7, 11) is 1.22. The van der Waals surface area contributed by atoms with E-state index >= 15 is 0 Å². The summed E-state index contributed by atoms with van der Waals surface area (Å²) in [6.07, 6.45) is 59.7. The molecule has 0 aromatic carbocycles. The Kier molecular flexibility index (Phi) is 42.7. The van der Waals surface area contributed by atoms with E-state index in [1.54, 1.807) is 6.08 Å². The van der Waals surface area contributed by atoms with E-state index in [0.717, 1.165) is 77.0 Å². The Morgan fingerprint density at radius 3 is 1.50 bits per heavy atom. The molecule has 0 saturated carbocycles. The zero-order valence-electron chi connectivity index (χ0n) is 40.8. The van der Waals surface area contributed by atoms with Crippen LogP contribution in [-0.2, 0) is 18.4 Å². The van der Waals surface area contributed by atoms with Crippen LogP contribution >= 0.6 is 7.82 Å². The number of allylic oxidation sites excluding steroid dienone is 11. The first-order valence-corrected chi connectivity index (χ1v) is 26.8. The second-order valence-corrected chi connectivity index (χ2v) is 19.5. The van der Waals surface area contributed by atoms with Crippen molar-refractivity contribution in [1.29, 1.82) is 0 Å². The number of carbonyl (C=O) groups excluding carboxylic acids is 1. The van der Waals surface area contributed by atoms with E-state index < -0.39 is 26.6 Å². The molecule has 3 unspecified atom stereocenters. The van der Waals surface area contributed by atoms with Crippen LogP contribution in [-0.4, -0.2) is 68.5 Å². The predicted molar refractivity (Wildman–Crippen MR) is 265 cm³/mol. The third kappa shape index (κ3) is 45.9. The second-order valence-electron chi connectivity index (χ2n) is 18.1. The molecule has 0 bridgehead atoms.